The fourth-order valence-corrected chi connectivity index (χ4v) is 4.04. The zero-order valence-electron chi connectivity index (χ0n) is 14.4. The predicted molar refractivity (Wildman–Crippen MR) is 99.2 cm³/mol. The van der Waals surface area contributed by atoms with Crippen LogP contribution in [0.4, 0.5) is 5.69 Å². The second kappa shape index (κ2) is 6.84. The fourth-order valence-electron chi connectivity index (χ4n) is 4.04. The van der Waals surface area contributed by atoms with Gasteiger partial charge in [0.2, 0.25) is 0 Å². The SMILES string of the molecule is Nc1ccncc1-c1cccc(C(=O)N2CCCN3CCC[C@H]3C2)c1. The number of aromatic nitrogens is 1. The van der Waals surface area contributed by atoms with Crippen molar-refractivity contribution in [2.24, 2.45) is 0 Å². The molecule has 1 aromatic carbocycles. The first-order chi connectivity index (χ1) is 12.2. The number of rotatable bonds is 2. The minimum atomic E-state index is 0.123. The van der Waals surface area contributed by atoms with E-state index in [1.165, 1.54) is 19.4 Å². The van der Waals surface area contributed by atoms with Crippen molar-refractivity contribution in [1.29, 1.82) is 0 Å². The van der Waals surface area contributed by atoms with Gasteiger partial charge in [0.05, 0.1) is 0 Å². The Labute approximate surface area is 148 Å². The second-order valence-electron chi connectivity index (χ2n) is 6.98. The van der Waals surface area contributed by atoms with Gasteiger partial charge in [-0.2, -0.15) is 0 Å². The topological polar surface area (TPSA) is 62.5 Å². The predicted octanol–water partition coefficient (Wildman–Crippen LogP) is 2.64. The van der Waals surface area contributed by atoms with E-state index in [1.54, 1.807) is 18.5 Å². The summed E-state index contributed by atoms with van der Waals surface area (Å²) in [5, 5.41) is 0. The van der Waals surface area contributed by atoms with Crippen molar-refractivity contribution in [2.75, 3.05) is 31.9 Å². The highest BCUT2D eigenvalue weighted by Crippen LogP contribution is 2.27. The first-order valence-electron chi connectivity index (χ1n) is 9.05. The lowest BCUT2D eigenvalue weighted by Gasteiger charge is -2.26. The average Bonchev–Trinajstić information content (AvgIpc) is 2.98. The van der Waals surface area contributed by atoms with Gasteiger partial charge in [-0.3, -0.25) is 14.7 Å². The van der Waals surface area contributed by atoms with E-state index in [0.29, 0.717) is 11.7 Å². The molecule has 0 bridgehead atoms. The Hall–Kier alpha value is -2.40. The molecule has 5 nitrogen and oxygen atoms in total. The normalized spacial score (nSPS) is 21.0. The van der Waals surface area contributed by atoms with Crippen molar-refractivity contribution < 1.29 is 4.79 Å². The van der Waals surface area contributed by atoms with Gasteiger partial charge in [0, 0.05) is 54.9 Å². The highest BCUT2D eigenvalue weighted by molar-refractivity contribution is 5.96. The molecular formula is C20H24N4O. The molecule has 1 atom stereocenters. The molecule has 25 heavy (non-hydrogen) atoms. The van der Waals surface area contributed by atoms with Crippen molar-refractivity contribution in [3.63, 3.8) is 0 Å². The smallest absolute Gasteiger partial charge is 0.253 e. The largest absolute Gasteiger partial charge is 0.398 e. The van der Waals surface area contributed by atoms with Crippen LogP contribution in [0.3, 0.4) is 0 Å². The Bertz CT molecular complexity index is 776. The molecular weight excluding hydrogens is 312 g/mol. The van der Waals surface area contributed by atoms with Crippen LogP contribution in [0.15, 0.2) is 42.7 Å². The third kappa shape index (κ3) is 3.24. The Balaban J connectivity index is 1.58. The molecule has 2 fully saturated rings. The minimum absolute atomic E-state index is 0.123. The summed E-state index contributed by atoms with van der Waals surface area (Å²) in [4.78, 5) is 21.8. The minimum Gasteiger partial charge on any atom is -0.398 e. The molecule has 2 saturated heterocycles. The highest BCUT2D eigenvalue weighted by atomic mass is 16.2. The number of nitrogen functional groups attached to an aromatic ring is 1. The Morgan fingerprint density at radius 1 is 1.16 bits per heavy atom. The molecule has 3 heterocycles. The molecule has 0 saturated carbocycles. The molecule has 2 aromatic rings. The number of pyridine rings is 1. The van der Waals surface area contributed by atoms with Gasteiger partial charge in [-0.1, -0.05) is 12.1 Å². The number of anilines is 1. The van der Waals surface area contributed by atoms with Gasteiger partial charge in [-0.25, -0.2) is 0 Å². The highest BCUT2D eigenvalue weighted by Gasteiger charge is 2.30. The quantitative estimate of drug-likeness (QED) is 0.916. The lowest BCUT2D eigenvalue weighted by molar-refractivity contribution is 0.0743. The molecule has 0 radical (unpaired) electrons. The third-order valence-electron chi connectivity index (χ3n) is 5.37. The van der Waals surface area contributed by atoms with E-state index in [0.717, 1.165) is 42.7 Å². The van der Waals surface area contributed by atoms with Crippen molar-refractivity contribution in [2.45, 2.75) is 25.3 Å². The molecule has 0 unspecified atom stereocenters. The van der Waals surface area contributed by atoms with E-state index >= 15 is 0 Å². The van der Waals surface area contributed by atoms with E-state index in [1.807, 2.05) is 29.2 Å². The number of hydrogen-bond donors (Lipinski definition) is 1. The monoisotopic (exact) mass is 336 g/mol. The van der Waals surface area contributed by atoms with Crippen molar-refractivity contribution in [3.8, 4) is 11.1 Å². The van der Waals surface area contributed by atoms with Gasteiger partial charge in [-0.15, -0.1) is 0 Å². The van der Waals surface area contributed by atoms with Crippen molar-refractivity contribution in [3.05, 3.63) is 48.3 Å². The molecule has 2 N–H and O–H groups in total. The van der Waals surface area contributed by atoms with Crippen LogP contribution in [-0.2, 0) is 0 Å². The van der Waals surface area contributed by atoms with Crippen LogP contribution in [0.25, 0.3) is 11.1 Å². The fraction of sp³-hybridized carbons (Fsp3) is 0.400. The number of nitrogens with zero attached hydrogens (tertiary/aromatic N) is 3. The van der Waals surface area contributed by atoms with E-state index < -0.39 is 0 Å². The number of benzene rings is 1. The number of nitrogens with two attached hydrogens (primary N) is 1. The molecule has 0 spiro atoms. The standard InChI is InChI=1S/C20H24N4O/c21-19-7-8-22-13-18(19)15-4-1-5-16(12-15)20(25)24-11-3-10-23-9-2-6-17(23)14-24/h1,4-5,7-8,12-13,17H,2-3,6,9-11,14H2,(H2,21,22)/t17-/m0/s1. The number of carbonyl (C=O) groups excluding carboxylic acids is 1. The molecule has 2 aliphatic heterocycles. The zero-order valence-corrected chi connectivity index (χ0v) is 14.4. The molecule has 130 valence electrons. The molecule has 1 aromatic heterocycles. The van der Waals surface area contributed by atoms with Gasteiger partial charge in [0.15, 0.2) is 0 Å². The summed E-state index contributed by atoms with van der Waals surface area (Å²) in [5.74, 6) is 0.123. The van der Waals surface area contributed by atoms with Crippen molar-refractivity contribution >= 4 is 11.6 Å². The Morgan fingerprint density at radius 3 is 2.92 bits per heavy atom. The van der Waals surface area contributed by atoms with Gasteiger partial charge < -0.3 is 10.6 Å². The van der Waals surface area contributed by atoms with Gasteiger partial charge in [-0.05, 0) is 49.6 Å². The lowest BCUT2D eigenvalue weighted by atomic mass is 10.0. The maximum Gasteiger partial charge on any atom is 0.253 e. The van der Waals surface area contributed by atoms with E-state index in [4.69, 9.17) is 5.73 Å². The van der Waals surface area contributed by atoms with Crippen LogP contribution >= 0.6 is 0 Å². The lowest BCUT2D eigenvalue weighted by Crippen LogP contribution is -2.39. The number of amides is 1. The van der Waals surface area contributed by atoms with Crippen LogP contribution in [-0.4, -0.2) is 52.9 Å². The van der Waals surface area contributed by atoms with Crippen LogP contribution < -0.4 is 5.73 Å². The maximum atomic E-state index is 13.1. The molecule has 2 aliphatic rings. The second-order valence-corrected chi connectivity index (χ2v) is 6.98. The molecule has 5 heteroatoms. The van der Waals surface area contributed by atoms with E-state index in [9.17, 15) is 4.79 Å². The first-order valence-corrected chi connectivity index (χ1v) is 9.05. The third-order valence-corrected chi connectivity index (χ3v) is 5.37. The Morgan fingerprint density at radius 2 is 2.04 bits per heavy atom. The van der Waals surface area contributed by atoms with Crippen LogP contribution in [0.1, 0.15) is 29.6 Å². The van der Waals surface area contributed by atoms with Crippen molar-refractivity contribution in [1.82, 2.24) is 14.8 Å². The van der Waals surface area contributed by atoms with Crippen LogP contribution in [0, 0.1) is 0 Å². The van der Waals surface area contributed by atoms with Gasteiger partial charge in [0.25, 0.3) is 5.91 Å². The summed E-state index contributed by atoms with van der Waals surface area (Å²) in [7, 11) is 0. The van der Waals surface area contributed by atoms with E-state index in [-0.39, 0.29) is 5.91 Å². The van der Waals surface area contributed by atoms with E-state index in [2.05, 4.69) is 9.88 Å². The van der Waals surface area contributed by atoms with Gasteiger partial charge >= 0.3 is 0 Å². The summed E-state index contributed by atoms with van der Waals surface area (Å²) in [5.41, 5.74) is 9.27. The molecule has 0 aliphatic carbocycles. The summed E-state index contributed by atoms with van der Waals surface area (Å²) in [6, 6.07) is 10.1. The summed E-state index contributed by atoms with van der Waals surface area (Å²) < 4.78 is 0. The molecule has 1 amide bonds. The maximum absolute atomic E-state index is 13.1. The van der Waals surface area contributed by atoms with Crippen LogP contribution in [0.2, 0.25) is 0 Å². The summed E-state index contributed by atoms with van der Waals surface area (Å²) >= 11 is 0. The van der Waals surface area contributed by atoms with Crippen LogP contribution in [0.5, 0.6) is 0 Å². The summed E-state index contributed by atoms with van der Waals surface area (Å²) in [6.45, 7) is 3.98. The first kappa shape index (κ1) is 16.1. The summed E-state index contributed by atoms with van der Waals surface area (Å²) in [6.07, 6.45) is 6.94. The Kier molecular flexibility index (Phi) is 4.40. The zero-order chi connectivity index (χ0) is 17.2. The number of carbonyl (C=O) groups is 1. The average molecular weight is 336 g/mol. The van der Waals surface area contributed by atoms with Gasteiger partial charge in [0.1, 0.15) is 0 Å². The number of hydrogen-bond acceptors (Lipinski definition) is 4. The number of fused-ring (bicyclic) bond motifs is 1. The molecule has 4 rings (SSSR count).